The van der Waals surface area contributed by atoms with Crippen molar-refractivity contribution in [2.45, 2.75) is 20.3 Å². The minimum atomic E-state index is -0.0254. The van der Waals surface area contributed by atoms with Crippen molar-refractivity contribution in [2.24, 2.45) is 17.8 Å². The molecular weight excluding hydrogens is 200 g/mol. The second-order valence-electron chi connectivity index (χ2n) is 4.83. The molecule has 86 valence electrons. The number of benzene rings is 1. The fraction of sp³-hybridized carbons (Fsp3) is 0.500. The van der Waals surface area contributed by atoms with Crippen LogP contribution in [0.5, 0.6) is 0 Å². The van der Waals surface area contributed by atoms with Crippen LogP contribution in [0.1, 0.15) is 19.4 Å². The lowest BCUT2D eigenvalue weighted by Crippen LogP contribution is -2.22. The van der Waals surface area contributed by atoms with Crippen molar-refractivity contribution in [2.75, 3.05) is 6.61 Å². The summed E-state index contributed by atoms with van der Waals surface area (Å²) in [6.07, 6.45) is 0.808. The molecule has 1 saturated heterocycles. The first kappa shape index (κ1) is 11.2. The molecule has 1 aliphatic heterocycles. The van der Waals surface area contributed by atoms with E-state index in [1.54, 1.807) is 0 Å². The highest BCUT2D eigenvalue weighted by Crippen LogP contribution is 2.31. The van der Waals surface area contributed by atoms with Gasteiger partial charge in [-0.2, -0.15) is 0 Å². The normalized spacial score (nSPS) is 24.8. The zero-order valence-electron chi connectivity index (χ0n) is 9.85. The largest absolute Gasteiger partial charge is 0.465 e. The van der Waals surface area contributed by atoms with Gasteiger partial charge in [-0.3, -0.25) is 4.79 Å². The standard InChI is InChI=1S/C14H18O2/c1-10(2)13-9-16-14(15)12(13)8-11-6-4-3-5-7-11/h3-7,10,12-13H,8-9H2,1-2H3/t12?,13-/m1/s1. The molecule has 1 aromatic carbocycles. The first-order valence-corrected chi connectivity index (χ1v) is 5.89. The van der Waals surface area contributed by atoms with Gasteiger partial charge in [0.1, 0.15) is 0 Å². The summed E-state index contributed by atoms with van der Waals surface area (Å²) in [7, 11) is 0. The number of ether oxygens (including phenoxy) is 1. The summed E-state index contributed by atoms with van der Waals surface area (Å²) in [5.41, 5.74) is 1.22. The van der Waals surface area contributed by atoms with Crippen molar-refractivity contribution in [3.05, 3.63) is 35.9 Å². The van der Waals surface area contributed by atoms with Gasteiger partial charge in [-0.05, 0) is 17.9 Å². The van der Waals surface area contributed by atoms with E-state index >= 15 is 0 Å². The predicted molar refractivity (Wildman–Crippen MR) is 62.9 cm³/mol. The van der Waals surface area contributed by atoms with Crippen LogP contribution in [0.3, 0.4) is 0 Å². The van der Waals surface area contributed by atoms with Gasteiger partial charge in [0.05, 0.1) is 12.5 Å². The molecular formula is C14H18O2. The lowest BCUT2D eigenvalue weighted by atomic mass is 9.82. The smallest absolute Gasteiger partial charge is 0.309 e. The fourth-order valence-electron chi connectivity index (χ4n) is 2.34. The summed E-state index contributed by atoms with van der Waals surface area (Å²) in [4.78, 5) is 11.7. The molecule has 0 aromatic heterocycles. The SMILES string of the molecule is CC(C)[C@H]1COC(=O)C1Cc1ccccc1. The molecule has 2 atom stereocenters. The van der Waals surface area contributed by atoms with E-state index in [1.807, 2.05) is 18.2 Å². The average Bonchev–Trinajstić information content (AvgIpc) is 2.62. The highest BCUT2D eigenvalue weighted by molar-refractivity contribution is 5.75. The molecule has 1 aromatic rings. The Kier molecular flexibility index (Phi) is 3.28. The van der Waals surface area contributed by atoms with Crippen LogP contribution in [0.2, 0.25) is 0 Å². The minimum Gasteiger partial charge on any atom is -0.465 e. The van der Waals surface area contributed by atoms with Gasteiger partial charge in [-0.1, -0.05) is 44.2 Å². The molecule has 0 radical (unpaired) electrons. The van der Waals surface area contributed by atoms with Crippen LogP contribution < -0.4 is 0 Å². The number of rotatable bonds is 3. The average molecular weight is 218 g/mol. The molecule has 0 aliphatic carbocycles. The number of carbonyl (C=O) groups is 1. The highest BCUT2D eigenvalue weighted by atomic mass is 16.5. The van der Waals surface area contributed by atoms with Crippen LogP contribution in [-0.4, -0.2) is 12.6 Å². The Morgan fingerprint density at radius 3 is 2.62 bits per heavy atom. The van der Waals surface area contributed by atoms with Crippen molar-refractivity contribution in [3.8, 4) is 0 Å². The van der Waals surface area contributed by atoms with E-state index in [-0.39, 0.29) is 11.9 Å². The summed E-state index contributed by atoms with van der Waals surface area (Å²) in [6, 6.07) is 10.2. The van der Waals surface area contributed by atoms with Crippen molar-refractivity contribution in [1.29, 1.82) is 0 Å². The number of carbonyl (C=O) groups excluding carboxylic acids is 1. The third kappa shape index (κ3) is 2.26. The van der Waals surface area contributed by atoms with Gasteiger partial charge in [0, 0.05) is 5.92 Å². The van der Waals surface area contributed by atoms with Crippen LogP contribution in [0, 0.1) is 17.8 Å². The van der Waals surface area contributed by atoms with Crippen LogP contribution in [0.4, 0.5) is 0 Å². The Labute approximate surface area is 96.6 Å². The summed E-state index contributed by atoms with van der Waals surface area (Å²) in [6.45, 7) is 4.91. The lowest BCUT2D eigenvalue weighted by Gasteiger charge is -2.18. The van der Waals surface area contributed by atoms with Gasteiger partial charge < -0.3 is 4.74 Å². The molecule has 1 fully saturated rings. The predicted octanol–water partition coefficient (Wildman–Crippen LogP) is 2.67. The molecule has 1 heterocycles. The second kappa shape index (κ2) is 4.69. The fourth-order valence-corrected chi connectivity index (χ4v) is 2.34. The molecule has 2 nitrogen and oxygen atoms in total. The third-order valence-electron chi connectivity index (χ3n) is 3.39. The molecule has 0 amide bonds. The molecule has 2 rings (SSSR count). The topological polar surface area (TPSA) is 26.3 Å². The monoisotopic (exact) mass is 218 g/mol. The molecule has 2 heteroatoms. The van der Waals surface area contributed by atoms with Crippen LogP contribution in [0.25, 0.3) is 0 Å². The molecule has 1 aliphatic rings. The maximum Gasteiger partial charge on any atom is 0.309 e. The molecule has 1 unspecified atom stereocenters. The number of hydrogen-bond donors (Lipinski definition) is 0. The maximum atomic E-state index is 11.7. The molecule has 0 bridgehead atoms. The van der Waals surface area contributed by atoms with E-state index in [0.29, 0.717) is 18.4 Å². The first-order chi connectivity index (χ1) is 7.68. The molecule has 0 saturated carbocycles. The van der Waals surface area contributed by atoms with Crippen molar-refractivity contribution in [3.63, 3.8) is 0 Å². The Balaban J connectivity index is 2.10. The molecule has 0 spiro atoms. The number of esters is 1. The zero-order valence-corrected chi connectivity index (χ0v) is 9.85. The van der Waals surface area contributed by atoms with Crippen molar-refractivity contribution < 1.29 is 9.53 Å². The first-order valence-electron chi connectivity index (χ1n) is 5.89. The quantitative estimate of drug-likeness (QED) is 0.729. The summed E-state index contributed by atoms with van der Waals surface area (Å²) >= 11 is 0. The summed E-state index contributed by atoms with van der Waals surface area (Å²) in [5.74, 6) is 0.887. The van der Waals surface area contributed by atoms with Crippen molar-refractivity contribution in [1.82, 2.24) is 0 Å². The summed E-state index contributed by atoms with van der Waals surface area (Å²) in [5, 5.41) is 0. The van der Waals surface area contributed by atoms with E-state index in [4.69, 9.17) is 4.74 Å². The number of hydrogen-bond acceptors (Lipinski definition) is 2. The van der Waals surface area contributed by atoms with Crippen molar-refractivity contribution >= 4 is 5.97 Å². The van der Waals surface area contributed by atoms with Crippen LogP contribution in [-0.2, 0) is 16.0 Å². The lowest BCUT2D eigenvalue weighted by molar-refractivity contribution is -0.141. The Bertz CT molecular complexity index is 356. The third-order valence-corrected chi connectivity index (χ3v) is 3.39. The van der Waals surface area contributed by atoms with Gasteiger partial charge in [-0.15, -0.1) is 0 Å². The maximum absolute atomic E-state index is 11.7. The van der Waals surface area contributed by atoms with Crippen LogP contribution in [0.15, 0.2) is 30.3 Å². The van der Waals surface area contributed by atoms with Gasteiger partial charge >= 0.3 is 5.97 Å². The van der Waals surface area contributed by atoms with Crippen LogP contribution >= 0.6 is 0 Å². The van der Waals surface area contributed by atoms with Gasteiger partial charge in [-0.25, -0.2) is 0 Å². The molecule has 16 heavy (non-hydrogen) atoms. The Morgan fingerprint density at radius 1 is 1.31 bits per heavy atom. The van der Waals surface area contributed by atoms with E-state index < -0.39 is 0 Å². The van der Waals surface area contributed by atoms with Gasteiger partial charge in [0.25, 0.3) is 0 Å². The van der Waals surface area contributed by atoms with E-state index in [1.165, 1.54) is 5.56 Å². The second-order valence-corrected chi connectivity index (χ2v) is 4.83. The minimum absolute atomic E-state index is 0.0254. The van der Waals surface area contributed by atoms with E-state index in [2.05, 4.69) is 26.0 Å². The van der Waals surface area contributed by atoms with E-state index in [9.17, 15) is 4.79 Å². The van der Waals surface area contributed by atoms with Gasteiger partial charge in [0.2, 0.25) is 0 Å². The number of cyclic esters (lactones) is 1. The van der Waals surface area contributed by atoms with E-state index in [0.717, 1.165) is 6.42 Å². The Hall–Kier alpha value is -1.31. The Morgan fingerprint density at radius 2 is 2.00 bits per heavy atom. The summed E-state index contributed by atoms with van der Waals surface area (Å²) < 4.78 is 5.17. The van der Waals surface area contributed by atoms with Gasteiger partial charge in [0.15, 0.2) is 0 Å². The highest BCUT2D eigenvalue weighted by Gasteiger charge is 2.38. The molecule has 0 N–H and O–H groups in total. The zero-order chi connectivity index (χ0) is 11.5.